The molecule has 2 rings (SSSR count). The molecule has 1 aromatic heterocycles. The predicted molar refractivity (Wildman–Crippen MR) is 60.0 cm³/mol. The first-order valence-electron chi connectivity index (χ1n) is 4.53. The molecule has 0 aliphatic rings. The molecule has 1 heterocycles. The molecule has 0 unspecified atom stereocenters. The number of aromatic nitrogens is 1. The number of methoxy groups -OCH3 is 1. The highest BCUT2D eigenvalue weighted by molar-refractivity contribution is 7.13. The topological polar surface area (TPSA) is 42.4 Å². The maximum Gasteiger partial charge on any atom is 0.118 e. The van der Waals surface area contributed by atoms with E-state index in [0.717, 1.165) is 21.9 Å². The SMILES string of the molecule is COc1ccc(-c2scnc2CO)cc1. The van der Waals surface area contributed by atoms with Gasteiger partial charge in [0.05, 0.1) is 29.8 Å². The van der Waals surface area contributed by atoms with Crippen LogP contribution >= 0.6 is 11.3 Å². The molecule has 0 fully saturated rings. The third-order valence-electron chi connectivity index (χ3n) is 2.14. The smallest absolute Gasteiger partial charge is 0.118 e. The zero-order valence-electron chi connectivity index (χ0n) is 8.30. The maximum absolute atomic E-state index is 9.09. The largest absolute Gasteiger partial charge is 0.497 e. The van der Waals surface area contributed by atoms with E-state index in [1.165, 1.54) is 11.3 Å². The minimum atomic E-state index is -0.0230. The van der Waals surface area contributed by atoms with Crippen molar-refractivity contribution in [3.05, 3.63) is 35.5 Å². The van der Waals surface area contributed by atoms with Crippen LogP contribution < -0.4 is 4.74 Å². The van der Waals surface area contributed by atoms with Gasteiger partial charge in [-0.1, -0.05) is 0 Å². The molecular weight excluding hydrogens is 210 g/mol. The fourth-order valence-electron chi connectivity index (χ4n) is 1.36. The molecule has 15 heavy (non-hydrogen) atoms. The number of aliphatic hydroxyl groups excluding tert-OH is 1. The average molecular weight is 221 g/mol. The molecule has 0 aliphatic carbocycles. The number of rotatable bonds is 3. The summed E-state index contributed by atoms with van der Waals surface area (Å²) in [6, 6.07) is 7.73. The maximum atomic E-state index is 9.09. The van der Waals surface area contributed by atoms with Gasteiger partial charge in [0.2, 0.25) is 0 Å². The van der Waals surface area contributed by atoms with Crippen LogP contribution in [0.2, 0.25) is 0 Å². The predicted octanol–water partition coefficient (Wildman–Crippen LogP) is 2.31. The second-order valence-corrected chi connectivity index (χ2v) is 3.87. The van der Waals surface area contributed by atoms with Gasteiger partial charge in [-0.2, -0.15) is 0 Å². The summed E-state index contributed by atoms with van der Waals surface area (Å²) in [7, 11) is 1.64. The lowest BCUT2D eigenvalue weighted by molar-refractivity contribution is 0.278. The third-order valence-corrected chi connectivity index (χ3v) is 3.06. The summed E-state index contributed by atoms with van der Waals surface area (Å²) >= 11 is 1.53. The molecule has 1 aromatic carbocycles. The van der Waals surface area contributed by atoms with Crippen LogP contribution in [0.5, 0.6) is 5.75 Å². The lowest BCUT2D eigenvalue weighted by atomic mass is 10.1. The Morgan fingerprint density at radius 3 is 2.67 bits per heavy atom. The van der Waals surface area contributed by atoms with E-state index in [-0.39, 0.29) is 6.61 Å². The van der Waals surface area contributed by atoms with Crippen molar-refractivity contribution in [2.75, 3.05) is 7.11 Å². The first-order chi connectivity index (χ1) is 7.35. The van der Waals surface area contributed by atoms with Crippen molar-refractivity contribution in [2.24, 2.45) is 0 Å². The van der Waals surface area contributed by atoms with Crippen molar-refractivity contribution in [1.82, 2.24) is 4.98 Å². The molecule has 78 valence electrons. The average Bonchev–Trinajstić information content (AvgIpc) is 2.77. The number of hydrogen-bond acceptors (Lipinski definition) is 4. The summed E-state index contributed by atoms with van der Waals surface area (Å²) < 4.78 is 5.08. The van der Waals surface area contributed by atoms with E-state index in [1.54, 1.807) is 12.6 Å². The lowest BCUT2D eigenvalue weighted by Crippen LogP contribution is -1.86. The second-order valence-electron chi connectivity index (χ2n) is 3.01. The number of hydrogen-bond donors (Lipinski definition) is 1. The summed E-state index contributed by atoms with van der Waals surface area (Å²) in [5, 5.41) is 9.09. The van der Waals surface area contributed by atoms with Gasteiger partial charge >= 0.3 is 0 Å². The molecular formula is C11H11NO2S. The number of nitrogens with zero attached hydrogens (tertiary/aromatic N) is 1. The summed E-state index contributed by atoms with van der Waals surface area (Å²) in [6.07, 6.45) is 0. The quantitative estimate of drug-likeness (QED) is 0.864. The molecule has 0 saturated heterocycles. The Bertz CT molecular complexity index is 436. The van der Waals surface area contributed by atoms with Gasteiger partial charge in [0, 0.05) is 0 Å². The first kappa shape index (κ1) is 10.1. The number of benzene rings is 1. The van der Waals surface area contributed by atoms with Crippen molar-refractivity contribution in [3.8, 4) is 16.2 Å². The summed E-state index contributed by atoms with van der Waals surface area (Å²) in [4.78, 5) is 5.10. The molecule has 4 heteroatoms. The molecule has 0 atom stereocenters. The molecule has 0 radical (unpaired) electrons. The van der Waals surface area contributed by atoms with E-state index in [9.17, 15) is 0 Å². The Hall–Kier alpha value is -1.39. The van der Waals surface area contributed by atoms with Crippen LogP contribution in [0.15, 0.2) is 29.8 Å². The first-order valence-corrected chi connectivity index (χ1v) is 5.40. The van der Waals surface area contributed by atoms with Crippen LogP contribution in [-0.4, -0.2) is 17.2 Å². The van der Waals surface area contributed by atoms with Crippen molar-refractivity contribution in [2.45, 2.75) is 6.61 Å². The molecule has 3 nitrogen and oxygen atoms in total. The Kier molecular flexibility index (Phi) is 2.99. The number of aliphatic hydroxyl groups is 1. The van der Waals surface area contributed by atoms with Gasteiger partial charge in [-0.3, -0.25) is 0 Å². The number of thiazole rings is 1. The molecule has 0 bridgehead atoms. The normalized spacial score (nSPS) is 10.3. The van der Waals surface area contributed by atoms with Gasteiger partial charge in [-0.05, 0) is 29.8 Å². The van der Waals surface area contributed by atoms with Gasteiger partial charge in [0.25, 0.3) is 0 Å². The second kappa shape index (κ2) is 4.42. The summed E-state index contributed by atoms with van der Waals surface area (Å²) in [5.74, 6) is 0.828. The molecule has 0 spiro atoms. The van der Waals surface area contributed by atoms with Crippen LogP contribution in [0.25, 0.3) is 10.4 Å². The van der Waals surface area contributed by atoms with Crippen molar-refractivity contribution < 1.29 is 9.84 Å². The van der Waals surface area contributed by atoms with E-state index in [2.05, 4.69) is 4.98 Å². The van der Waals surface area contributed by atoms with E-state index in [4.69, 9.17) is 9.84 Å². The standard InChI is InChI=1S/C11H11NO2S/c1-14-9-4-2-8(3-5-9)11-10(6-13)12-7-15-11/h2-5,7,13H,6H2,1H3. The van der Waals surface area contributed by atoms with E-state index in [0.29, 0.717) is 0 Å². The lowest BCUT2D eigenvalue weighted by Gasteiger charge is -2.02. The zero-order chi connectivity index (χ0) is 10.7. The minimum absolute atomic E-state index is 0.0230. The van der Waals surface area contributed by atoms with Crippen LogP contribution in [0.4, 0.5) is 0 Å². The Morgan fingerprint density at radius 2 is 2.07 bits per heavy atom. The van der Waals surface area contributed by atoms with Crippen LogP contribution in [0, 0.1) is 0 Å². The molecule has 1 N–H and O–H groups in total. The van der Waals surface area contributed by atoms with Crippen LogP contribution in [0.3, 0.4) is 0 Å². The Balaban J connectivity index is 2.37. The zero-order valence-corrected chi connectivity index (χ0v) is 9.12. The fraction of sp³-hybridized carbons (Fsp3) is 0.182. The Morgan fingerprint density at radius 1 is 1.33 bits per heavy atom. The Labute approximate surface area is 92.0 Å². The van der Waals surface area contributed by atoms with Gasteiger partial charge in [-0.15, -0.1) is 11.3 Å². The summed E-state index contributed by atoms with van der Waals surface area (Å²) in [6.45, 7) is -0.0230. The van der Waals surface area contributed by atoms with Crippen molar-refractivity contribution >= 4 is 11.3 Å². The molecule has 0 saturated carbocycles. The monoisotopic (exact) mass is 221 g/mol. The highest BCUT2D eigenvalue weighted by Crippen LogP contribution is 2.28. The number of ether oxygens (including phenoxy) is 1. The van der Waals surface area contributed by atoms with Gasteiger partial charge in [0.1, 0.15) is 5.75 Å². The van der Waals surface area contributed by atoms with Gasteiger partial charge in [-0.25, -0.2) is 4.98 Å². The van der Waals surface area contributed by atoms with E-state index < -0.39 is 0 Å². The summed E-state index contributed by atoms with van der Waals surface area (Å²) in [5.41, 5.74) is 3.53. The van der Waals surface area contributed by atoms with Gasteiger partial charge < -0.3 is 9.84 Å². The van der Waals surface area contributed by atoms with Crippen molar-refractivity contribution in [1.29, 1.82) is 0 Å². The van der Waals surface area contributed by atoms with Crippen LogP contribution in [-0.2, 0) is 6.61 Å². The molecule has 0 aliphatic heterocycles. The molecule has 2 aromatic rings. The highest BCUT2D eigenvalue weighted by atomic mass is 32.1. The van der Waals surface area contributed by atoms with Crippen molar-refractivity contribution in [3.63, 3.8) is 0 Å². The van der Waals surface area contributed by atoms with Crippen LogP contribution in [0.1, 0.15) is 5.69 Å². The highest BCUT2D eigenvalue weighted by Gasteiger charge is 2.07. The fourth-order valence-corrected chi connectivity index (χ4v) is 2.17. The van der Waals surface area contributed by atoms with Gasteiger partial charge in [0.15, 0.2) is 0 Å². The minimum Gasteiger partial charge on any atom is -0.497 e. The third kappa shape index (κ3) is 2.00. The van der Waals surface area contributed by atoms with E-state index >= 15 is 0 Å². The van der Waals surface area contributed by atoms with E-state index in [1.807, 2.05) is 24.3 Å². The molecule has 0 amide bonds.